The van der Waals surface area contributed by atoms with Gasteiger partial charge in [0, 0.05) is 16.0 Å². The molecule has 0 unspecified atom stereocenters. The second-order valence-corrected chi connectivity index (χ2v) is 7.44. The predicted octanol–water partition coefficient (Wildman–Crippen LogP) is 5.27. The first kappa shape index (κ1) is 18.9. The minimum absolute atomic E-state index is 0.0965. The van der Waals surface area contributed by atoms with Crippen molar-refractivity contribution in [3.05, 3.63) is 95.1 Å². The summed E-state index contributed by atoms with van der Waals surface area (Å²) in [7, 11) is 0. The van der Waals surface area contributed by atoms with Crippen LogP contribution in [-0.2, 0) is 4.79 Å². The van der Waals surface area contributed by atoms with Gasteiger partial charge in [-0.25, -0.2) is 0 Å². The number of hydrogen-bond acceptors (Lipinski definition) is 3. The Bertz CT molecular complexity index is 950. The van der Waals surface area contributed by atoms with Crippen LogP contribution in [0.3, 0.4) is 0 Å². The lowest BCUT2D eigenvalue weighted by molar-refractivity contribution is -0.113. The summed E-state index contributed by atoms with van der Waals surface area (Å²) >= 11 is 1.47. The number of benzene rings is 3. The molecule has 1 N–H and O–H groups in total. The fraction of sp³-hybridized carbons (Fsp3) is 0.130. The summed E-state index contributed by atoms with van der Waals surface area (Å²) in [6.45, 7) is 3.96. The van der Waals surface area contributed by atoms with E-state index in [9.17, 15) is 9.59 Å². The molecule has 4 heteroatoms. The summed E-state index contributed by atoms with van der Waals surface area (Å²) in [5.41, 5.74) is 3.82. The van der Waals surface area contributed by atoms with Crippen molar-refractivity contribution in [2.45, 2.75) is 18.7 Å². The highest BCUT2D eigenvalue weighted by Gasteiger charge is 2.15. The number of rotatable bonds is 6. The van der Waals surface area contributed by atoms with Gasteiger partial charge in [0.1, 0.15) is 0 Å². The maximum atomic E-state index is 12.9. The maximum Gasteiger partial charge on any atom is 0.234 e. The van der Waals surface area contributed by atoms with Gasteiger partial charge >= 0.3 is 0 Å². The zero-order valence-corrected chi connectivity index (χ0v) is 16.2. The predicted molar refractivity (Wildman–Crippen MR) is 112 cm³/mol. The number of thioether (sulfide) groups is 1. The van der Waals surface area contributed by atoms with E-state index in [-0.39, 0.29) is 17.4 Å². The molecule has 0 spiro atoms. The summed E-state index contributed by atoms with van der Waals surface area (Å²) in [5.74, 6) is 0.0583. The molecule has 3 rings (SSSR count). The second-order valence-electron chi connectivity index (χ2n) is 6.39. The molecule has 3 aromatic rings. The highest BCUT2D eigenvalue weighted by molar-refractivity contribution is 8.00. The molecule has 0 aliphatic heterocycles. The van der Waals surface area contributed by atoms with E-state index in [1.807, 2.05) is 68.4 Å². The third kappa shape index (κ3) is 5.08. The molecular formula is C23H21NO2S. The van der Waals surface area contributed by atoms with Crippen LogP contribution in [0.5, 0.6) is 0 Å². The van der Waals surface area contributed by atoms with Crippen LogP contribution in [0.15, 0.2) is 77.7 Å². The first-order valence-corrected chi connectivity index (χ1v) is 9.71. The molecule has 27 heavy (non-hydrogen) atoms. The molecule has 0 aromatic heterocycles. The van der Waals surface area contributed by atoms with Gasteiger partial charge in [-0.2, -0.15) is 0 Å². The van der Waals surface area contributed by atoms with Crippen molar-refractivity contribution < 1.29 is 9.59 Å². The van der Waals surface area contributed by atoms with E-state index in [1.165, 1.54) is 17.3 Å². The van der Waals surface area contributed by atoms with Crippen LogP contribution < -0.4 is 5.32 Å². The molecule has 0 aliphatic carbocycles. The molecule has 0 saturated heterocycles. The van der Waals surface area contributed by atoms with Crippen LogP contribution >= 0.6 is 11.8 Å². The number of aryl methyl sites for hydroxylation is 2. The van der Waals surface area contributed by atoms with Crippen molar-refractivity contribution in [3.8, 4) is 0 Å². The number of anilines is 1. The van der Waals surface area contributed by atoms with Gasteiger partial charge in [-0.3, -0.25) is 9.59 Å². The Balaban J connectivity index is 1.73. The molecule has 0 radical (unpaired) electrons. The molecule has 1 amide bonds. The van der Waals surface area contributed by atoms with Crippen LogP contribution in [-0.4, -0.2) is 17.4 Å². The first-order chi connectivity index (χ1) is 13.0. The number of nitrogens with one attached hydrogen (secondary N) is 1. The normalized spacial score (nSPS) is 10.4. The summed E-state index contributed by atoms with van der Waals surface area (Å²) in [4.78, 5) is 26.3. The van der Waals surface area contributed by atoms with E-state index in [0.29, 0.717) is 16.8 Å². The lowest BCUT2D eigenvalue weighted by Gasteiger charge is -2.12. The number of amides is 1. The van der Waals surface area contributed by atoms with Gasteiger partial charge in [0.15, 0.2) is 5.78 Å². The zero-order chi connectivity index (χ0) is 19.2. The Kier molecular flexibility index (Phi) is 6.09. The SMILES string of the molecule is Cc1ccc(SCC(=O)Nc2ccc(C)cc2C(=O)c2ccccc2)cc1. The van der Waals surface area contributed by atoms with Crippen molar-refractivity contribution in [2.75, 3.05) is 11.1 Å². The molecule has 0 saturated carbocycles. The first-order valence-electron chi connectivity index (χ1n) is 8.72. The zero-order valence-electron chi connectivity index (χ0n) is 15.4. The van der Waals surface area contributed by atoms with Crippen molar-refractivity contribution in [3.63, 3.8) is 0 Å². The van der Waals surface area contributed by atoms with E-state index < -0.39 is 0 Å². The summed E-state index contributed by atoms with van der Waals surface area (Å²) in [5, 5.41) is 2.89. The summed E-state index contributed by atoms with van der Waals surface area (Å²) < 4.78 is 0. The van der Waals surface area contributed by atoms with Gasteiger partial charge in [-0.1, -0.05) is 59.7 Å². The summed E-state index contributed by atoms with van der Waals surface area (Å²) in [6, 6.07) is 22.7. The molecule has 136 valence electrons. The minimum atomic E-state index is -0.133. The van der Waals surface area contributed by atoms with E-state index in [0.717, 1.165) is 10.5 Å². The van der Waals surface area contributed by atoms with Gasteiger partial charge in [0.2, 0.25) is 5.91 Å². The molecular weight excluding hydrogens is 354 g/mol. The molecule has 3 aromatic carbocycles. The Morgan fingerprint density at radius 3 is 2.22 bits per heavy atom. The lowest BCUT2D eigenvalue weighted by Crippen LogP contribution is -2.17. The van der Waals surface area contributed by atoms with Crippen molar-refractivity contribution >= 4 is 29.1 Å². The third-order valence-electron chi connectivity index (χ3n) is 4.12. The van der Waals surface area contributed by atoms with Crippen LogP contribution in [0.25, 0.3) is 0 Å². The lowest BCUT2D eigenvalue weighted by atomic mass is 10.00. The standard InChI is InChI=1S/C23H21NO2S/c1-16-8-11-19(12-9-16)27-15-22(25)24-21-13-10-17(2)14-20(21)23(26)18-6-4-3-5-7-18/h3-14H,15H2,1-2H3,(H,24,25). The average molecular weight is 375 g/mol. The van der Waals surface area contributed by atoms with Gasteiger partial charge < -0.3 is 5.32 Å². The molecule has 0 heterocycles. The minimum Gasteiger partial charge on any atom is -0.325 e. The van der Waals surface area contributed by atoms with Crippen LogP contribution in [0.1, 0.15) is 27.0 Å². The molecule has 0 fully saturated rings. The molecule has 0 aliphatic rings. The monoisotopic (exact) mass is 375 g/mol. The topological polar surface area (TPSA) is 46.2 Å². The van der Waals surface area contributed by atoms with Gasteiger partial charge in [0.05, 0.1) is 11.4 Å². The smallest absolute Gasteiger partial charge is 0.234 e. The van der Waals surface area contributed by atoms with E-state index in [1.54, 1.807) is 18.2 Å². The fourth-order valence-corrected chi connectivity index (χ4v) is 3.37. The Labute approximate surface area is 163 Å². The Hall–Kier alpha value is -2.85. The van der Waals surface area contributed by atoms with Crippen LogP contribution in [0.2, 0.25) is 0 Å². The number of ketones is 1. The Morgan fingerprint density at radius 2 is 1.52 bits per heavy atom. The largest absolute Gasteiger partial charge is 0.325 e. The second kappa shape index (κ2) is 8.69. The maximum absolute atomic E-state index is 12.9. The molecule has 0 atom stereocenters. The van der Waals surface area contributed by atoms with E-state index in [2.05, 4.69) is 5.32 Å². The summed E-state index contributed by atoms with van der Waals surface area (Å²) in [6.07, 6.45) is 0. The van der Waals surface area contributed by atoms with Gasteiger partial charge in [0.25, 0.3) is 0 Å². The number of hydrogen-bond donors (Lipinski definition) is 1. The quantitative estimate of drug-likeness (QED) is 0.472. The van der Waals surface area contributed by atoms with Gasteiger partial charge in [-0.05, 0) is 38.1 Å². The van der Waals surface area contributed by atoms with Gasteiger partial charge in [-0.15, -0.1) is 11.8 Å². The molecule has 3 nitrogen and oxygen atoms in total. The number of carbonyl (C=O) groups excluding carboxylic acids is 2. The average Bonchev–Trinajstić information content (AvgIpc) is 2.69. The Morgan fingerprint density at radius 1 is 0.852 bits per heavy atom. The van der Waals surface area contributed by atoms with E-state index in [4.69, 9.17) is 0 Å². The van der Waals surface area contributed by atoms with Crippen molar-refractivity contribution in [1.82, 2.24) is 0 Å². The third-order valence-corrected chi connectivity index (χ3v) is 5.13. The highest BCUT2D eigenvalue weighted by Crippen LogP contribution is 2.23. The van der Waals surface area contributed by atoms with E-state index >= 15 is 0 Å². The highest BCUT2D eigenvalue weighted by atomic mass is 32.2. The fourth-order valence-electron chi connectivity index (χ4n) is 2.67. The van der Waals surface area contributed by atoms with Crippen molar-refractivity contribution in [2.24, 2.45) is 0 Å². The van der Waals surface area contributed by atoms with Crippen molar-refractivity contribution in [1.29, 1.82) is 0 Å². The van der Waals surface area contributed by atoms with Crippen LogP contribution in [0.4, 0.5) is 5.69 Å². The molecule has 0 bridgehead atoms. The number of carbonyl (C=O) groups is 2. The van der Waals surface area contributed by atoms with Crippen LogP contribution in [0, 0.1) is 13.8 Å².